The van der Waals surface area contributed by atoms with Crippen LogP contribution in [0.4, 0.5) is 5.69 Å². The van der Waals surface area contributed by atoms with E-state index >= 15 is 0 Å². The van der Waals surface area contributed by atoms with Crippen molar-refractivity contribution in [1.82, 2.24) is 14.7 Å². The molecule has 0 saturated heterocycles. The number of hydrogen-bond acceptors (Lipinski definition) is 3. The van der Waals surface area contributed by atoms with E-state index in [2.05, 4.69) is 41.2 Å². The van der Waals surface area contributed by atoms with Crippen molar-refractivity contribution in [3.63, 3.8) is 0 Å². The number of anilines is 1. The Labute approximate surface area is 144 Å². The van der Waals surface area contributed by atoms with E-state index in [-0.39, 0.29) is 5.91 Å². The molecule has 1 heterocycles. The molecule has 0 bridgehead atoms. The van der Waals surface area contributed by atoms with Gasteiger partial charge in [0.2, 0.25) is 5.91 Å². The van der Waals surface area contributed by atoms with Gasteiger partial charge in [-0.3, -0.25) is 9.48 Å². The fourth-order valence-corrected chi connectivity index (χ4v) is 2.86. The molecule has 130 valence electrons. The van der Waals surface area contributed by atoms with Crippen LogP contribution in [0.25, 0.3) is 0 Å². The highest BCUT2D eigenvalue weighted by Crippen LogP contribution is 2.16. The summed E-state index contributed by atoms with van der Waals surface area (Å²) in [6.45, 7) is 4.69. The lowest BCUT2D eigenvalue weighted by atomic mass is 10.1. The molecule has 0 aliphatic rings. The van der Waals surface area contributed by atoms with E-state index in [1.807, 2.05) is 39.8 Å². The minimum Gasteiger partial charge on any atom is -0.378 e. The second-order valence-corrected chi connectivity index (χ2v) is 6.58. The van der Waals surface area contributed by atoms with Crippen molar-refractivity contribution in [2.45, 2.75) is 33.2 Å². The number of aromatic nitrogens is 2. The number of carbonyl (C=O) groups excluding carboxylic acids is 1. The molecule has 0 spiro atoms. The number of aryl methyl sites for hydroxylation is 2. The van der Waals surface area contributed by atoms with Gasteiger partial charge in [0.05, 0.1) is 5.69 Å². The molecule has 5 nitrogen and oxygen atoms in total. The van der Waals surface area contributed by atoms with Crippen molar-refractivity contribution in [3.05, 3.63) is 46.8 Å². The Morgan fingerprint density at radius 2 is 1.75 bits per heavy atom. The van der Waals surface area contributed by atoms with Crippen LogP contribution in [0.5, 0.6) is 0 Å². The van der Waals surface area contributed by atoms with Gasteiger partial charge in [-0.05, 0) is 43.5 Å². The van der Waals surface area contributed by atoms with E-state index in [0.29, 0.717) is 13.0 Å². The number of hydrogen-bond donors (Lipinski definition) is 0. The first-order chi connectivity index (χ1) is 11.3. The number of benzene rings is 1. The minimum absolute atomic E-state index is 0.161. The third kappa shape index (κ3) is 4.16. The summed E-state index contributed by atoms with van der Waals surface area (Å²) in [5.74, 6) is 0.161. The number of nitrogens with zero attached hydrogens (tertiary/aromatic N) is 4. The van der Waals surface area contributed by atoms with E-state index in [1.165, 1.54) is 5.56 Å². The topological polar surface area (TPSA) is 41.4 Å². The van der Waals surface area contributed by atoms with Crippen molar-refractivity contribution >= 4 is 11.6 Å². The second kappa shape index (κ2) is 7.51. The minimum atomic E-state index is 0.161. The van der Waals surface area contributed by atoms with E-state index < -0.39 is 0 Å². The maximum atomic E-state index is 12.4. The largest absolute Gasteiger partial charge is 0.378 e. The molecule has 0 N–H and O–H groups in total. The maximum Gasteiger partial charge on any atom is 0.222 e. The monoisotopic (exact) mass is 328 g/mol. The normalized spacial score (nSPS) is 10.8. The smallest absolute Gasteiger partial charge is 0.222 e. The average Bonchev–Trinajstić information content (AvgIpc) is 2.78. The van der Waals surface area contributed by atoms with Gasteiger partial charge in [-0.2, -0.15) is 5.10 Å². The van der Waals surface area contributed by atoms with E-state index in [4.69, 9.17) is 0 Å². The summed E-state index contributed by atoms with van der Waals surface area (Å²) in [5, 5.41) is 4.41. The summed E-state index contributed by atoms with van der Waals surface area (Å²) in [6.07, 6.45) is 1.26. The molecule has 2 rings (SSSR count). The molecule has 0 radical (unpaired) electrons. The third-order valence-corrected chi connectivity index (χ3v) is 4.55. The lowest BCUT2D eigenvalue weighted by Gasteiger charge is -2.18. The summed E-state index contributed by atoms with van der Waals surface area (Å²) >= 11 is 0. The van der Waals surface area contributed by atoms with Crippen molar-refractivity contribution in [3.8, 4) is 0 Å². The Kier molecular flexibility index (Phi) is 5.65. The highest BCUT2D eigenvalue weighted by atomic mass is 16.2. The standard InChI is InChI=1S/C19H28N4O/c1-14-18(15(2)23(6)20-14)11-12-19(24)22(5)13-16-7-9-17(10-8-16)21(3)4/h7-10H,11-13H2,1-6H3. The zero-order valence-electron chi connectivity index (χ0n) is 15.6. The van der Waals surface area contributed by atoms with Crippen LogP contribution in [0, 0.1) is 13.8 Å². The quantitative estimate of drug-likeness (QED) is 0.819. The summed E-state index contributed by atoms with van der Waals surface area (Å²) in [5.41, 5.74) is 5.65. The molecule has 1 amide bonds. The van der Waals surface area contributed by atoms with Crippen molar-refractivity contribution in [2.24, 2.45) is 7.05 Å². The molecule has 0 fully saturated rings. The van der Waals surface area contributed by atoms with Crippen molar-refractivity contribution in [2.75, 3.05) is 26.0 Å². The first kappa shape index (κ1) is 18.0. The molecule has 0 aliphatic heterocycles. The highest BCUT2D eigenvalue weighted by molar-refractivity contribution is 5.76. The van der Waals surface area contributed by atoms with Crippen LogP contribution in [-0.4, -0.2) is 41.7 Å². The maximum absolute atomic E-state index is 12.4. The SMILES string of the molecule is Cc1nn(C)c(C)c1CCC(=O)N(C)Cc1ccc(N(C)C)cc1. The van der Waals surface area contributed by atoms with Gasteiger partial charge in [0.25, 0.3) is 0 Å². The molecular weight excluding hydrogens is 300 g/mol. The molecule has 0 aliphatic carbocycles. The first-order valence-electron chi connectivity index (χ1n) is 8.29. The number of amides is 1. The third-order valence-electron chi connectivity index (χ3n) is 4.55. The van der Waals surface area contributed by atoms with Gasteiger partial charge in [0.15, 0.2) is 0 Å². The molecule has 0 unspecified atom stereocenters. The van der Waals surface area contributed by atoms with Gasteiger partial charge >= 0.3 is 0 Å². The van der Waals surface area contributed by atoms with Crippen LogP contribution in [0.2, 0.25) is 0 Å². The Balaban J connectivity index is 1.92. The van der Waals surface area contributed by atoms with E-state index in [0.717, 1.165) is 29.1 Å². The highest BCUT2D eigenvalue weighted by Gasteiger charge is 2.14. The Morgan fingerprint density at radius 3 is 2.25 bits per heavy atom. The first-order valence-corrected chi connectivity index (χ1v) is 8.29. The zero-order chi connectivity index (χ0) is 17.9. The van der Waals surface area contributed by atoms with Gasteiger partial charge in [-0.1, -0.05) is 12.1 Å². The summed E-state index contributed by atoms with van der Waals surface area (Å²) in [6, 6.07) is 8.31. The fraction of sp³-hybridized carbons (Fsp3) is 0.474. The van der Waals surface area contributed by atoms with Crippen LogP contribution in [0.1, 0.15) is 28.9 Å². The van der Waals surface area contributed by atoms with Crippen molar-refractivity contribution < 1.29 is 4.79 Å². The van der Waals surface area contributed by atoms with Gasteiger partial charge in [0, 0.05) is 52.5 Å². The number of carbonyl (C=O) groups is 1. The van der Waals surface area contributed by atoms with Gasteiger partial charge in [0.1, 0.15) is 0 Å². The van der Waals surface area contributed by atoms with Crippen LogP contribution in [-0.2, 0) is 24.8 Å². The van der Waals surface area contributed by atoms with E-state index in [9.17, 15) is 4.79 Å². The summed E-state index contributed by atoms with van der Waals surface area (Å²) in [7, 11) is 7.85. The van der Waals surface area contributed by atoms with Crippen LogP contribution in [0.15, 0.2) is 24.3 Å². The Hall–Kier alpha value is -2.30. The van der Waals surface area contributed by atoms with Crippen LogP contribution >= 0.6 is 0 Å². The molecule has 5 heteroatoms. The summed E-state index contributed by atoms with van der Waals surface area (Å²) in [4.78, 5) is 16.3. The molecule has 2 aromatic rings. The predicted molar refractivity (Wildman–Crippen MR) is 98.2 cm³/mol. The average molecular weight is 328 g/mol. The van der Waals surface area contributed by atoms with Gasteiger partial charge in [-0.15, -0.1) is 0 Å². The fourth-order valence-electron chi connectivity index (χ4n) is 2.86. The van der Waals surface area contributed by atoms with Gasteiger partial charge < -0.3 is 9.80 Å². The predicted octanol–water partition coefficient (Wildman–Crippen LogP) is 2.69. The Morgan fingerprint density at radius 1 is 1.12 bits per heavy atom. The molecule has 24 heavy (non-hydrogen) atoms. The van der Waals surface area contributed by atoms with Crippen molar-refractivity contribution in [1.29, 1.82) is 0 Å². The summed E-state index contributed by atoms with van der Waals surface area (Å²) < 4.78 is 1.88. The van der Waals surface area contributed by atoms with Crippen LogP contribution in [0.3, 0.4) is 0 Å². The molecule has 0 atom stereocenters. The molecule has 0 saturated carbocycles. The second-order valence-electron chi connectivity index (χ2n) is 6.58. The molecule has 1 aromatic heterocycles. The van der Waals surface area contributed by atoms with Crippen LogP contribution < -0.4 is 4.90 Å². The molecular formula is C19H28N4O. The number of rotatable bonds is 6. The van der Waals surface area contributed by atoms with Gasteiger partial charge in [-0.25, -0.2) is 0 Å². The lowest BCUT2D eigenvalue weighted by Crippen LogP contribution is -2.26. The zero-order valence-corrected chi connectivity index (χ0v) is 15.6. The lowest BCUT2D eigenvalue weighted by molar-refractivity contribution is -0.130. The molecule has 1 aromatic carbocycles. The van der Waals surface area contributed by atoms with E-state index in [1.54, 1.807) is 4.90 Å². The Bertz CT molecular complexity index is 701.